The zero-order chi connectivity index (χ0) is 6.69. The Morgan fingerprint density at radius 2 is 1.80 bits per heavy atom. The van der Waals surface area contributed by atoms with Crippen molar-refractivity contribution < 1.29 is 25.0 Å². The van der Waals surface area contributed by atoms with E-state index in [4.69, 9.17) is 4.74 Å². The van der Waals surface area contributed by atoms with Crippen molar-refractivity contribution in [2.24, 2.45) is 0 Å². The molecule has 0 spiro atoms. The molecule has 0 fully saturated rings. The van der Waals surface area contributed by atoms with E-state index in [1.807, 2.05) is 24.3 Å². The molecule has 3 heteroatoms. The molecule has 0 unspecified atom stereocenters. The van der Waals surface area contributed by atoms with Crippen LogP contribution in [-0.2, 0) is 0 Å². The van der Waals surface area contributed by atoms with E-state index >= 15 is 0 Å². The van der Waals surface area contributed by atoms with Gasteiger partial charge in [-0.1, -0.05) is 0 Å². The van der Waals surface area contributed by atoms with E-state index in [0.717, 1.165) is 10.6 Å². The van der Waals surface area contributed by atoms with Crippen molar-refractivity contribution >= 4 is 12.6 Å². The molecule has 0 heterocycles. The molecule has 0 aliphatic rings. The maximum Gasteiger partial charge on any atom is 1.00 e. The smallest absolute Gasteiger partial charge is 1.00 e. The molecule has 0 aliphatic carbocycles. The first kappa shape index (κ1) is 9.97. The van der Waals surface area contributed by atoms with Crippen LogP contribution >= 0.6 is 12.6 Å². The molecule has 1 aromatic rings. The summed E-state index contributed by atoms with van der Waals surface area (Å²) in [7, 11) is 1.65. The Balaban J connectivity index is 0. The minimum absolute atomic E-state index is 0. The fourth-order valence-corrected chi connectivity index (χ4v) is 0.731. The van der Waals surface area contributed by atoms with Crippen LogP contribution < -0.4 is 23.6 Å². The van der Waals surface area contributed by atoms with Crippen molar-refractivity contribution in [3.8, 4) is 5.75 Å². The van der Waals surface area contributed by atoms with Gasteiger partial charge in [0, 0.05) is 4.90 Å². The Labute approximate surface area is 79.8 Å². The second kappa shape index (κ2) is 4.73. The Hall–Kier alpha value is -0.0326. The zero-order valence-electron chi connectivity index (χ0n) is 7.16. The van der Waals surface area contributed by atoms with Gasteiger partial charge >= 0.3 is 18.9 Å². The summed E-state index contributed by atoms with van der Waals surface area (Å²) >= 11 is 4.11. The van der Waals surface area contributed by atoms with E-state index in [-0.39, 0.29) is 20.3 Å². The van der Waals surface area contributed by atoms with Crippen LogP contribution in [0.25, 0.3) is 0 Å². The minimum Gasteiger partial charge on any atom is -1.00 e. The van der Waals surface area contributed by atoms with Crippen LogP contribution in [-0.4, -0.2) is 7.11 Å². The third-order valence-corrected chi connectivity index (χ3v) is 1.37. The summed E-state index contributed by atoms with van der Waals surface area (Å²) in [5, 5.41) is 0. The van der Waals surface area contributed by atoms with E-state index in [1.54, 1.807) is 7.11 Å². The van der Waals surface area contributed by atoms with Gasteiger partial charge in [-0.15, -0.1) is 12.6 Å². The molecule has 1 aromatic carbocycles. The van der Waals surface area contributed by atoms with Crippen LogP contribution in [0.1, 0.15) is 1.43 Å². The van der Waals surface area contributed by atoms with E-state index in [2.05, 4.69) is 12.6 Å². The second-order valence-electron chi connectivity index (χ2n) is 1.70. The molecule has 0 aliphatic heterocycles. The first-order valence-electron chi connectivity index (χ1n) is 2.66. The van der Waals surface area contributed by atoms with Crippen molar-refractivity contribution in [2.75, 3.05) is 7.11 Å². The van der Waals surface area contributed by atoms with Crippen molar-refractivity contribution in [3.63, 3.8) is 0 Å². The number of thiol groups is 1. The van der Waals surface area contributed by atoms with Crippen LogP contribution in [0.5, 0.6) is 5.75 Å². The SMILES string of the molecule is COc1ccc(S)cc1.[H-].[Li+]. The summed E-state index contributed by atoms with van der Waals surface area (Å²) < 4.78 is 4.94. The van der Waals surface area contributed by atoms with E-state index < -0.39 is 0 Å². The van der Waals surface area contributed by atoms with Crippen molar-refractivity contribution in [1.29, 1.82) is 0 Å². The molecule has 0 aromatic heterocycles. The van der Waals surface area contributed by atoms with Crippen LogP contribution in [0, 0.1) is 0 Å². The molecule has 0 atom stereocenters. The second-order valence-corrected chi connectivity index (χ2v) is 2.21. The molecule has 0 radical (unpaired) electrons. The summed E-state index contributed by atoms with van der Waals surface area (Å²) in [6.45, 7) is 0. The fourth-order valence-electron chi connectivity index (χ4n) is 0.582. The van der Waals surface area contributed by atoms with Crippen molar-refractivity contribution in [2.45, 2.75) is 4.90 Å². The van der Waals surface area contributed by atoms with E-state index in [9.17, 15) is 0 Å². The number of benzene rings is 1. The van der Waals surface area contributed by atoms with Gasteiger partial charge in [0.15, 0.2) is 0 Å². The largest absolute Gasteiger partial charge is 1.00 e. The normalized spacial score (nSPS) is 8.20. The number of hydrogen-bond acceptors (Lipinski definition) is 2. The number of rotatable bonds is 1. The van der Waals surface area contributed by atoms with Gasteiger partial charge in [0.25, 0.3) is 0 Å². The number of hydrogen-bond donors (Lipinski definition) is 1. The maximum absolute atomic E-state index is 4.94. The monoisotopic (exact) mass is 148 g/mol. The minimum atomic E-state index is 0. The summed E-state index contributed by atoms with van der Waals surface area (Å²) in [6.07, 6.45) is 0. The van der Waals surface area contributed by atoms with Gasteiger partial charge in [-0.3, -0.25) is 0 Å². The van der Waals surface area contributed by atoms with Crippen LogP contribution in [0.2, 0.25) is 0 Å². The first-order valence-corrected chi connectivity index (χ1v) is 3.10. The van der Waals surface area contributed by atoms with Crippen LogP contribution in [0.4, 0.5) is 0 Å². The van der Waals surface area contributed by atoms with Gasteiger partial charge in [0.1, 0.15) is 5.75 Å². The first-order chi connectivity index (χ1) is 4.33. The van der Waals surface area contributed by atoms with Crippen molar-refractivity contribution in [3.05, 3.63) is 24.3 Å². The summed E-state index contributed by atoms with van der Waals surface area (Å²) in [5.74, 6) is 0.868. The van der Waals surface area contributed by atoms with Crippen LogP contribution in [0.15, 0.2) is 29.2 Å². The number of ether oxygens (including phenoxy) is 1. The average Bonchev–Trinajstić information content (AvgIpc) is 1.90. The predicted octanol–water partition coefficient (Wildman–Crippen LogP) is -0.900. The van der Waals surface area contributed by atoms with Gasteiger partial charge in [-0.2, -0.15) is 0 Å². The Morgan fingerprint density at radius 3 is 2.20 bits per heavy atom. The van der Waals surface area contributed by atoms with Gasteiger partial charge in [0.05, 0.1) is 7.11 Å². The fraction of sp³-hybridized carbons (Fsp3) is 0.143. The Morgan fingerprint density at radius 1 is 1.30 bits per heavy atom. The van der Waals surface area contributed by atoms with Gasteiger partial charge in [-0.25, -0.2) is 0 Å². The summed E-state index contributed by atoms with van der Waals surface area (Å²) in [5.41, 5.74) is 0. The summed E-state index contributed by atoms with van der Waals surface area (Å²) in [4.78, 5) is 0.954. The summed E-state index contributed by atoms with van der Waals surface area (Å²) in [6, 6.07) is 7.54. The number of methoxy groups -OCH3 is 1. The average molecular weight is 148 g/mol. The van der Waals surface area contributed by atoms with Gasteiger partial charge in [-0.05, 0) is 24.3 Å². The molecule has 50 valence electrons. The predicted molar refractivity (Wildman–Crippen MR) is 41.4 cm³/mol. The third kappa shape index (κ3) is 2.70. The topological polar surface area (TPSA) is 9.23 Å². The molecule has 1 nitrogen and oxygen atoms in total. The molecule has 1 rings (SSSR count). The quantitative estimate of drug-likeness (QED) is 0.401. The zero-order valence-corrected chi connectivity index (χ0v) is 7.06. The molecular formula is C7H9LiOS. The maximum atomic E-state index is 4.94. The van der Waals surface area contributed by atoms with E-state index in [0.29, 0.717) is 0 Å². The standard InChI is InChI=1S/C7H8OS.Li.H/c1-8-6-2-4-7(9)5-3-6;;/h2-5,9H,1H3;;/q;+1;-1. The molecule has 0 saturated carbocycles. The Kier molecular flexibility index (Phi) is 4.72. The molecule has 10 heavy (non-hydrogen) atoms. The molecule has 0 bridgehead atoms. The Bertz CT molecular complexity index is 190. The molecule has 0 amide bonds. The van der Waals surface area contributed by atoms with E-state index in [1.165, 1.54) is 0 Å². The van der Waals surface area contributed by atoms with Crippen LogP contribution in [0.3, 0.4) is 0 Å². The molecule has 0 N–H and O–H groups in total. The van der Waals surface area contributed by atoms with Crippen molar-refractivity contribution in [1.82, 2.24) is 0 Å². The molecule has 0 saturated heterocycles. The third-order valence-electron chi connectivity index (χ3n) is 1.07. The van der Waals surface area contributed by atoms with Gasteiger partial charge < -0.3 is 6.16 Å². The van der Waals surface area contributed by atoms with Gasteiger partial charge in [0.2, 0.25) is 0 Å². The molecular weight excluding hydrogens is 139 g/mol.